The monoisotopic (exact) mass is 494 g/mol. The number of aliphatic hydroxyl groups excluding tert-OH is 2. The number of Topliss-reactive ketones (excluding diaryl/α,β-unsaturated/α-hetero) is 1. The second-order valence-corrected chi connectivity index (χ2v) is 11.4. The summed E-state index contributed by atoms with van der Waals surface area (Å²) in [6, 6.07) is -1.12. The zero-order chi connectivity index (χ0) is 25.6. The van der Waals surface area contributed by atoms with E-state index in [4.69, 9.17) is 0 Å². The van der Waals surface area contributed by atoms with Gasteiger partial charge in [0.15, 0.2) is 5.78 Å². The topological polar surface area (TPSA) is 116 Å². The van der Waals surface area contributed by atoms with Crippen LogP contribution in [-0.4, -0.2) is 46.5 Å². The molecule has 10 atom stereocenters. The highest BCUT2D eigenvalue weighted by molar-refractivity contribution is 6.27. The molecule has 5 aliphatic rings. The lowest BCUT2D eigenvalue weighted by Gasteiger charge is -2.35. The third-order valence-electron chi connectivity index (χ3n) is 9.63. The molecule has 0 aromatic heterocycles. The number of rotatable bonds is 1. The summed E-state index contributed by atoms with van der Waals surface area (Å²) >= 11 is 0. The van der Waals surface area contributed by atoms with Gasteiger partial charge in [0.05, 0.1) is 6.10 Å². The highest BCUT2D eigenvalue weighted by atomic mass is 16.3. The van der Waals surface area contributed by atoms with Crippen molar-refractivity contribution in [1.29, 1.82) is 0 Å². The SMILES string of the molecule is CC[C@H]1[C@@H]2C=C[C@@H]3[C@H]4C/C=C\C(=O)NCC[C@@H](O)[C@@H]5NC(=O)/C(=C(O)/C=C/[C@@H]4C[C@@H]3[C@H]2C[C@H]1C)C5=O. The average Bonchev–Trinajstić information content (AvgIpc) is 3.46. The Balaban J connectivity index is 1.47. The molecule has 7 nitrogen and oxygen atoms in total. The van der Waals surface area contributed by atoms with Gasteiger partial charge in [-0.05, 0) is 85.2 Å². The van der Waals surface area contributed by atoms with Crippen LogP contribution in [0.25, 0.3) is 0 Å². The Bertz CT molecular complexity index is 1040. The van der Waals surface area contributed by atoms with Crippen molar-refractivity contribution in [2.75, 3.05) is 6.54 Å². The zero-order valence-corrected chi connectivity index (χ0v) is 21.1. The molecular formula is C29H38N2O5. The van der Waals surface area contributed by atoms with E-state index >= 15 is 0 Å². The van der Waals surface area contributed by atoms with Crippen LogP contribution in [0.2, 0.25) is 0 Å². The largest absolute Gasteiger partial charge is 0.507 e. The predicted octanol–water partition coefficient (Wildman–Crippen LogP) is 2.99. The van der Waals surface area contributed by atoms with Gasteiger partial charge in [-0.15, -0.1) is 0 Å². The number of carbonyl (C=O) groups excluding carboxylic acids is 3. The first-order chi connectivity index (χ1) is 17.3. The van der Waals surface area contributed by atoms with Crippen molar-refractivity contribution in [1.82, 2.24) is 10.6 Å². The molecule has 3 aliphatic carbocycles. The second kappa shape index (κ2) is 10.0. The van der Waals surface area contributed by atoms with Gasteiger partial charge in [-0.3, -0.25) is 14.4 Å². The maximum absolute atomic E-state index is 12.8. The van der Waals surface area contributed by atoms with E-state index < -0.39 is 23.8 Å². The Morgan fingerprint density at radius 3 is 2.53 bits per heavy atom. The van der Waals surface area contributed by atoms with Crippen LogP contribution in [0, 0.1) is 47.3 Å². The van der Waals surface area contributed by atoms with Gasteiger partial charge in [0, 0.05) is 6.54 Å². The van der Waals surface area contributed by atoms with E-state index in [1.807, 2.05) is 12.2 Å². The summed E-state index contributed by atoms with van der Waals surface area (Å²) in [6.45, 7) is 4.85. The van der Waals surface area contributed by atoms with Crippen LogP contribution in [0.5, 0.6) is 0 Å². The molecule has 2 bridgehead atoms. The molecule has 5 rings (SSSR count). The van der Waals surface area contributed by atoms with Crippen molar-refractivity contribution in [3.05, 3.63) is 47.8 Å². The Labute approximate surface area is 212 Å². The smallest absolute Gasteiger partial charge is 0.259 e. The normalized spacial score (nSPS) is 46.5. The van der Waals surface area contributed by atoms with Crippen molar-refractivity contribution in [3.8, 4) is 0 Å². The lowest BCUT2D eigenvalue weighted by atomic mass is 9.69. The molecule has 0 aromatic rings. The first kappa shape index (κ1) is 25.0. The summed E-state index contributed by atoms with van der Waals surface area (Å²) in [6.07, 6.45) is 14.9. The number of hydrogen-bond donors (Lipinski definition) is 4. The minimum Gasteiger partial charge on any atom is -0.507 e. The third kappa shape index (κ3) is 4.36. The second-order valence-electron chi connectivity index (χ2n) is 11.4. The van der Waals surface area contributed by atoms with Crippen LogP contribution < -0.4 is 10.6 Å². The summed E-state index contributed by atoms with van der Waals surface area (Å²) in [5, 5.41) is 26.4. The van der Waals surface area contributed by atoms with Crippen molar-refractivity contribution < 1.29 is 24.6 Å². The molecule has 0 spiro atoms. The molecule has 4 N–H and O–H groups in total. The van der Waals surface area contributed by atoms with Crippen LogP contribution in [0.3, 0.4) is 0 Å². The van der Waals surface area contributed by atoms with E-state index in [2.05, 4.69) is 36.6 Å². The number of allylic oxidation sites excluding steroid dienone is 5. The number of ketones is 1. The van der Waals surface area contributed by atoms with E-state index in [1.165, 1.54) is 18.9 Å². The molecule has 2 aliphatic heterocycles. The molecule has 0 aromatic carbocycles. The molecule has 2 amide bonds. The fourth-order valence-corrected chi connectivity index (χ4v) is 7.94. The predicted molar refractivity (Wildman–Crippen MR) is 135 cm³/mol. The molecule has 0 radical (unpaired) electrons. The fraction of sp³-hybridized carbons (Fsp3) is 0.621. The van der Waals surface area contributed by atoms with Gasteiger partial charge in [-0.1, -0.05) is 44.6 Å². The van der Waals surface area contributed by atoms with E-state index in [9.17, 15) is 24.6 Å². The molecule has 0 unspecified atom stereocenters. The van der Waals surface area contributed by atoms with Crippen LogP contribution in [0.15, 0.2) is 47.8 Å². The number of carbonyl (C=O) groups is 3. The molecule has 1 saturated heterocycles. The Kier molecular flexibility index (Phi) is 6.95. The first-order valence-corrected chi connectivity index (χ1v) is 13.6. The Morgan fingerprint density at radius 1 is 1.00 bits per heavy atom. The molecule has 3 fully saturated rings. The van der Waals surface area contributed by atoms with Gasteiger partial charge in [0.25, 0.3) is 5.91 Å². The first-order valence-electron chi connectivity index (χ1n) is 13.6. The summed E-state index contributed by atoms with van der Waals surface area (Å²) in [5.74, 6) is 2.24. The maximum atomic E-state index is 12.8. The van der Waals surface area contributed by atoms with Gasteiger partial charge in [-0.2, -0.15) is 0 Å². The summed E-state index contributed by atoms with van der Waals surface area (Å²) < 4.78 is 0. The minimum atomic E-state index is -1.16. The van der Waals surface area contributed by atoms with E-state index in [1.54, 1.807) is 6.08 Å². The lowest BCUT2D eigenvalue weighted by Crippen LogP contribution is -2.42. The fourth-order valence-electron chi connectivity index (χ4n) is 7.94. The summed E-state index contributed by atoms with van der Waals surface area (Å²) in [4.78, 5) is 37.7. The minimum absolute atomic E-state index is 0.110. The quantitative estimate of drug-likeness (QED) is 0.330. The average molecular weight is 495 g/mol. The highest BCUT2D eigenvalue weighted by Gasteiger charge is 2.52. The van der Waals surface area contributed by atoms with Gasteiger partial charge < -0.3 is 20.8 Å². The van der Waals surface area contributed by atoms with E-state index in [-0.39, 0.29) is 42.0 Å². The van der Waals surface area contributed by atoms with Gasteiger partial charge in [0.2, 0.25) is 5.91 Å². The Morgan fingerprint density at radius 2 is 1.75 bits per heavy atom. The van der Waals surface area contributed by atoms with E-state index in [0.717, 1.165) is 18.8 Å². The number of hydrogen-bond acceptors (Lipinski definition) is 5. The molecule has 2 heterocycles. The van der Waals surface area contributed by atoms with Crippen molar-refractivity contribution in [2.24, 2.45) is 47.3 Å². The van der Waals surface area contributed by atoms with Crippen molar-refractivity contribution >= 4 is 17.6 Å². The van der Waals surface area contributed by atoms with Gasteiger partial charge in [-0.25, -0.2) is 0 Å². The number of nitrogens with one attached hydrogen (secondary N) is 2. The maximum Gasteiger partial charge on any atom is 0.259 e. The number of amides is 2. The van der Waals surface area contributed by atoms with Crippen LogP contribution in [0.4, 0.5) is 0 Å². The van der Waals surface area contributed by atoms with Gasteiger partial charge in [0.1, 0.15) is 17.4 Å². The lowest BCUT2D eigenvalue weighted by molar-refractivity contribution is -0.118. The molecule has 194 valence electrons. The highest BCUT2D eigenvalue weighted by Crippen LogP contribution is 2.59. The molecule has 36 heavy (non-hydrogen) atoms. The van der Waals surface area contributed by atoms with Crippen LogP contribution in [0.1, 0.15) is 46.0 Å². The van der Waals surface area contributed by atoms with Crippen molar-refractivity contribution in [3.63, 3.8) is 0 Å². The summed E-state index contributed by atoms with van der Waals surface area (Å²) in [7, 11) is 0. The third-order valence-corrected chi connectivity index (χ3v) is 9.63. The van der Waals surface area contributed by atoms with E-state index in [0.29, 0.717) is 29.6 Å². The van der Waals surface area contributed by atoms with Gasteiger partial charge >= 0.3 is 0 Å². The van der Waals surface area contributed by atoms with Crippen LogP contribution in [-0.2, 0) is 14.4 Å². The summed E-state index contributed by atoms with van der Waals surface area (Å²) in [5.41, 5.74) is -0.298. The molecular weight excluding hydrogens is 456 g/mol. The molecule has 7 heteroatoms. The van der Waals surface area contributed by atoms with Crippen LogP contribution >= 0.6 is 0 Å². The Hall–Kier alpha value is -2.67. The zero-order valence-electron chi connectivity index (χ0n) is 21.1. The van der Waals surface area contributed by atoms with Crippen molar-refractivity contribution in [2.45, 2.75) is 58.1 Å². The molecule has 2 saturated carbocycles. The number of aliphatic hydroxyl groups is 2. The standard InChI is InChI=1S/C29H38N2O5/c1-3-17-15(2)13-21-19(17)8-9-20-18-5-4-6-25(34)30-12-11-24(33)27-28(35)26(29(36)31-27)23(32)10-7-16(18)14-22(20)21/h4,6-10,15-22,24,27,32-33H,3,5,11-14H2,1-2H3,(H,30,34)(H,31,36)/b6-4-,10-7+,26-23-/t15-,16-,17-,18+,19+,20-,21+,22+,24-,27+/m1/s1. The number of fused-ring (bicyclic) bond motifs is 7.